The van der Waals surface area contributed by atoms with E-state index in [0.717, 1.165) is 5.69 Å². The van der Waals surface area contributed by atoms with Crippen molar-refractivity contribution in [2.24, 2.45) is 0 Å². The summed E-state index contributed by atoms with van der Waals surface area (Å²) in [6.45, 7) is 0.631. The highest BCUT2D eigenvalue weighted by Crippen LogP contribution is 2.16. The second-order valence-corrected chi connectivity index (χ2v) is 3.66. The molecule has 2 aromatic rings. The maximum atomic E-state index is 9.00. The van der Waals surface area contributed by atoms with Crippen LogP contribution in [0.15, 0.2) is 42.7 Å². The molecule has 0 spiro atoms. The van der Waals surface area contributed by atoms with E-state index in [2.05, 4.69) is 16.0 Å². The van der Waals surface area contributed by atoms with Gasteiger partial charge in [-0.2, -0.15) is 5.26 Å². The number of rotatable bonds is 3. The average molecular weight is 224 g/mol. The number of nitriles is 1. The highest BCUT2D eigenvalue weighted by Gasteiger charge is 2.08. The van der Waals surface area contributed by atoms with Gasteiger partial charge in [-0.1, -0.05) is 6.07 Å². The maximum absolute atomic E-state index is 9.00. The fourth-order valence-electron chi connectivity index (χ4n) is 1.60. The highest BCUT2D eigenvalue weighted by molar-refractivity contribution is 5.52. The van der Waals surface area contributed by atoms with Crippen LogP contribution in [0.3, 0.4) is 0 Å². The van der Waals surface area contributed by atoms with E-state index in [1.807, 2.05) is 30.1 Å². The molecule has 0 saturated carbocycles. The minimum Gasteiger partial charge on any atom is -0.353 e. The van der Waals surface area contributed by atoms with Crippen molar-refractivity contribution in [2.75, 3.05) is 11.9 Å². The number of aromatic nitrogens is 2. The number of nitrogens with zero attached hydrogens (tertiary/aromatic N) is 4. The molecule has 0 amide bonds. The Morgan fingerprint density at radius 1 is 1.18 bits per heavy atom. The molecule has 0 bridgehead atoms. The van der Waals surface area contributed by atoms with Gasteiger partial charge in [0.2, 0.25) is 0 Å². The first kappa shape index (κ1) is 11.1. The predicted molar refractivity (Wildman–Crippen MR) is 65.3 cm³/mol. The van der Waals surface area contributed by atoms with Gasteiger partial charge in [-0.15, -0.1) is 0 Å². The van der Waals surface area contributed by atoms with E-state index in [-0.39, 0.29) is 0 Å². The molecule has 4 nitrogen and oxygen atoms in total. The number of hydrogen-bond donors (Lipinski definition) is 0. The van der Waals surface area contributed by atoms with E-state index in [1.165, 1.54) is 0 Å². The minimum absolute atomic E-state index is 0.575. The minimum atomic E-state index is 0.575. The predicted octanol–water partition coefficient (Wildman–Crippen LogP) is 1.98. The normalized spacial score (nSPS) is 9.65. The summed E-state index contributed by atoms with van der Waals surface area (Å²) in [7, 11) is 1.90. The molecule has 0 aromatic carbocycles. The van der Waals surface area contributed by atoms with Crippen LogP contribution in [0.2, 0.25) is 0 Å². The molecule has 0 saturated heterocycles. The van der Waals surface area contributed by atoms with Gasteiger partial charge >= 0.3 is 0 Å². The van der Waals surface area contributed by atoms with Crippen molar-refractivity contribution in [1.82, 2.24) is 9.97 Å². The van der Waals surface area contributed by atoms with E-state index in [0.29, 0.717) is 17.9 Å². The second kappa shape index (κ2) is 5.08. The molecule has 0 aliphatic carbocycles. The van der Waals surface area contributed by atoms with Gasteiger partial charge in [-0.25, -0.2) is 4.98 Å². The Hall–Kier alpha value is -2.41. The molecule has 0 radical (unpaired) electrons. The van der Waals surface area contributed by atoms with E-state index in [1.54, 1.807) is 24.5 Å². The summed E-state index contributed by atoms with van der Waals surface area (Å²) in [5.74, 6) is 0.681. The molecule has 17 heavy (non-hydrogen) atoms. The quantitative estimate of drug-likeness (QED) is 0.800. The number of pyridine rings is 2. The number of hydrogen-bond acceptors (Lipinski definition) is 4. The van der Waals surface area contributed by atoms with Gasteiger partial charge < -0.3 is 4.90 Å². The zero-order valence-electron chi connectivity index (χ0n) is 9.54. The third-order valence-electron chi connectivity index (χ3n) is 2.39. The van der Waals surface area contributed by atoms with Crippen molar-refractivity contribution >= 4 is 5.82 Å². The van der Waals surface area contributed by atoms with Gasteiger partial charge in [0.15, 0.2) is 0 Å². The van der Waals surface area contributed by atoms with Crippen molar-refractivity contribution in [3.8, 4) is 6.07 Å². The van der Waals surface area contributed by atoms with Crippen LogP contribution in [0.25, 0.3) is 0 Å². The Morgan fingerprint density at radius 2 is 2.00 bits per heavy atom. The van der Waals surface area contributed by atoms with Gasteiger partial charge in [-0.3, -0.25) is 4.98 Å². The van der Waals surface area contributed by atoms with Crippen molar-refractivity contribution in [3.05, 3.63) is 54.0 Å². The molecule has 84 valence electrons. The first-order valence-electron chi connectivity index (χ1n) is 5.27. The third kappa shape index (κ3) is 2.58. The molecule has 4 heteroatoms. The van der Waals surface area contributed by atoms with Crippen LogP contribution in [0.1, 0.15) is 11.3 Å². The lowest BCUT2D eigenvalue weighted by Crippen LogP contribution is -2.19. The standard InChI is InChI=1S/C13H12N4/c1-17(10-12-6-2-3-7-15-12)13-11(9-14)5-4-8-16-13/h2-8H,10H2,1H3. The topological polar surface area (TPSA) is 52.8 Å². The molecule has 0 unspecified atom stereocenters. The second-order valence-electron chi connectivity index (χ2n) is 3.66. The van der Waals surface area contributed by atoms with Gasteiger partial charge in [-0.05, 0) is 24.3 Å². The summed E-state index contributed by atoms with van der Waals surface area (Å²) in [6.07, 6.45) is 3.44. The summed E-state index contributed by atoms with van der Waals surface area (Å²) in [5, 5.41) is 9.00. The maximum Gasteiger partial charge on any atom is 0.146 e. The fraction of sp³-hybridized carbons (Fsp3) is 0.154. The van der Waals surface area contributed by atoms with Crippen molar-refractivity contribution < 1.29 is 0 Å². The van der Waals surface area contributed by atoms with E-state index >= 15 is 0 Å². The Morgan fingerprint density at radius 3 is 2.71 bits per heavy atom. The molecule has 2 rings (SSSR count). The molecule has 2 aromatic heterocycles. The molecule has 0 aliphatic heterocycles. The van der Waals surface area contributed by atoms with Gasteiger partial charge in [0, 0.05) is 19.4 Å². The van der Waals surface area contributed by atoms with Gasteiger partial charge in [0.25, 0.3) is 0 Å². The monoisotopic (exact) mass is 224 g/mol. The summed E-state index contributed by atoms with van der Waals surface area (Å²) >= 11 is 0. The zero-order chi connectivity index (χ0) is 12.1. The van der Waals surface area contributed by atoms with E-state index in [9.17, 15) is 0 Å². The zero-order valence-corrected chi connectivity index (χ0v) is 9.54. The lowest BCUT2D eigenvalue weighted by atomic mass is 10.2. The van der Waals surface area contributed by atoms with Crippen LogP contribution in [-0.4, -0.2) is 17.0 Å². The molecule has 0 fully saturated rings. The molecule has 0 N–H and O–H groups in total. The van der Waals surface area contributed by atoms with Crippen molar-refractivity contribution in [1.29, 1.82) is 5.26 Å². The average Bonchev–Trinajstić information content (AvgIpc) is 2.40. The fourth-order valence-corrected chi connectivity index (χ4v) is 1.60. The summed E-state index contributed by atoms with van der Waals surface area (Å²) < 4.78 is 0. The molecule has 0 atom stereocenters. The summed E-state index contributed by atoms with van der Waals surface area (Å²) in [5.41, 5.74) is 1.52. The van der Waals surface area contributed by atoms with Crippen molar-refractivity contribution in [2.45, 2.75) is 6.54 Å². The van der Waals surface area contributed by atoms with Gasteiger partial charge in [0.05, 0.1) is 17.8 Å². The van der Waals surface area contributed by atoms with E-state index in [4.69, 9.17) is 5.26 Å². The summed E-state index contributed by atoms with van der Waals surface area (Å²) in [6, 6.07) is 11.4. The van der Waals surface area contributed by atoms with Crippen molar-refractivity contribution in [3.63, 3.8) is 0 Å². The van der Waals surface area contributed by atoms with Crippen LogP contribution >= 0.6 is 0 Å². The van der Waals surface area contributed by atoms with Crippen LogP contribution in [0.5, 0.6) is 0 Å². The Labute approximate surface area is 100 Å². The van der Waals surface area contributed by atoms with Crippen LogP contribution in [0, 0.1) is 11.3 Å². The highest BCUT2D eigenvalue weighted by atomic mass is 15.2. The smallest absolute Gasteiger partial charge is 0.146 e. The SMILES string of the molecule is CN(Cc1ccccn1)c1ncccc1C#N. The van der Waals surface area contributed by atoms with E-state index < -0.39 is 0 Å². The molecular formula is C13H12N4. The first-order chi connectivity index (χ1) is 8.31. The molecule has 2 heterocycles. The third-order valence-corrected chi connectivity index (χ3v) is 2.39. The number of anilines is 1. The van der Waals surface area contributed by atoms with Crippen LogP contribution in [-0.2, 0) is 6.54 Å². The Balaban J connectivity index is 2.21. The Bertz CT molecular complexity index is 531. The molecule has 0 aliphatic rings. The Kier molecular flexibility index (Phi) is 3.31. The first-order valence-corrected chi connectivity index (χ1v) is 5.27. The van der Waals surface area contributed by atoms with Crippen LogP contribution < -0.4 is 4.90 Å². The summed E-state index contributed by atoms with van der Waals surface area (Å²) in [4.78, 5) is 10.4. The largest absolute Gasteiger partial charge is 0.353 e. The van der Waals surface area contributed by atoms with Gasteiger partial charge in [0.1, 0.15) is 11.9 Å². The molecular weight excluding hydrogens is 212 g/mol. The lowest BCUT2D eigenvalue weighted by Gasteiger charge is -2.18. The lowest BCUT2D eigenvalue weighted by molar-refractivity contribution is 0.864. The van der Waals surface area contributed by atoms with Crippen LogP contribution in [0.4, 0.5) is 5.82 Å².